The van der Waals surface area contributed by atoms with E-state index in [0.29, 0.717) is 22.6 Å². The van der Waals surface area contributed by atoms with Crippen LogP contribution in [-0.4, -0.2) is 32.6 Å². The van der Waals surface area contributed by atoms with E-state index >= 15 is 0 Å². The second-order valence-corrected chi connectivity index (χ2v) is 9.75. The minimum atomic E-state index is -0.983. The highest BCUT2D eigenvalue weighted by Gasteiger charge is 2.59. The van der Waals surface area contributed by atoms with Crippen molar-refractivity contribution in [1.82, 2.24) is 14.9 Å². The predicted octanol–water partition coefficient (Wildman–Crippen LogP) is 4.01. The standard InChI is InChI=1S/C16H20BrN3O3S/c1-8-5-6-20(14(22)23)16(8,15(2,3)4)13-18-9-7-10(17)24-11(9)12(21)19-13/h7-8H,5-6H2,1-4H3,(H,22,23)(H,18,19,21)/t8-,16+/m0/s1. The first-order chi connectivity index (χ1) is 11.1. The number of nitrogens with one attached hydrogen (secondary N) is 1. The summed E-state index contributed by atoms with van der Waals surface area (Å²) in [5, 5.41) is 9.78. The molecule has 0 saturated carbocycles. The molecule has 1 saturated heterocycles. The number of aromatic nitrogens is 2. The van der Waals surface area contributed by atoms with Crippen molar-refractivity contribution in [3.63, 3.8) is 0 Å². The topological polar surface area (TPSA) is 86.3 Å². The number of nitrogens with zero attached hydrogens (tertiary/aromatic N) is 2. The summed E-state index contributed by atoms with van der Waals surface area (Å²) >= 11 is 4.71. The molecule has 2 N–H and O–H groups in total. The van der Waals surface area contributed by atoms with Gasteiger partial charge in [0, 0.05) is 6.54 Å². The molecule has 3 heterocycles. The van der Waals surface area contributed by atoms with Crippen LogP contribution in [-0.2, 0) is 5.54 Å². The fourth-order valence-electron chi connectivity index (χ4n) is 4.17. The molecule has 0 aliphatic carbocycles. The van der Waals surface area contributed by atoms with E-state index in [0.717, 1.165) is 10.2 Å². The third-order valence-electron chi connectivity index (χ3n) is 5.01. The highest BCUT2D eigenvalue weighted by Crippen LogP contribution is 2.53. The van der Waals surface area contributed by atoms with Crippen molar-refractivity contribution in [1.29, 1.82) is 0 Å². The number of aromatic amines is 1. The molecule has 24 heavy (non-hydrogen) atoms. The van der Waals surface area contributed by atoms with Crippen LogP contribution < -0.4 is 5.56 Å². The van der Waals surface area contributed by atoms with Crippen molar-refractivity contribution >= 4 is 43.6 Å². The van der Waals surface area contributed by atoms with Gasteiger partial charge in [0.2, 0.25) is 0 Å². The van der Waals surface area contributed by atoms with Gasteiger partial charge in [-0.3, -0.25) is 9.69 Å². The van der Waals surface area contributed by atoms with Crippen molar-refractivity contribution < 1.29 is 9.90 Å². The molecule has 1 amide bonds. The number of hydrogen-bond acceptors (Lipinski definition) is 4. The van der Waals surface area contributed by atoms with Crippen LogP contribution in [0.5, 0.6) is 0 Å². The SMILES string of the molecule is C[C@H]1CCN(C(=O)O)[C@]1(c1nc2cc(Br)sc2c(=O)[nH]1)C(C)(C)C. The van der Waals surface area contributed by atoms with Gasteiger partial charge in [0.1, 0.15) is 16.1 Å². The number of amides is 1. The first-order valence-electron chi connectivity index (χ1n) is 7.79. The number of fused-ring (bicyclic) bond motifs is 1. The molecular formula is C16H20BrN3O3S. The van der Waals surface area contributed by atoms with Gasteiger partial charge in [-0.05, 0) is 39.8 Å². The lowest BCUT2D eigenvalue weighted by Crippen LogP contribution is -2.57. The normalized spacial score (nSPS) is 24.7. The molecule has 1 fully saturated rings. The maximum absolute atomic E-state index is 12.6. The van der Waals surface area contributed by atoms with E-state index in [2.05, 4.69) is 25.9 Å². The molecule has 2 aromatic rings. The van der Waals surface area contributed by atoms with Crippen LogP contribution in [0.4, 0.5) is 4.79 Å². The second-order valence-electron chi connectivity index (χ2n) is 7.32. The molecule has 0 aromatic carbocycles. The summed E-state index contributed by atoms with van der Waals surface area (Å²) in [7, 11) is 0. The molecule has 130 valence electrons. The van der Waals surface area contributed by atoms with E-state index in [1.54, 1.807) is 6.07 Å². The lowest BCUT2D eigenvalue weighted by molar-refractivity contribution is -0.00417. The largest absolute Gasteiger partial charge is 0.465 e. The van der Waals surface area contributed by atoms with E-state index in [4.69, 9.17) is 0 Å². The number of halogens is 1. The van der Waals surface area contributed by atoms with Gasteiger partial charge in [0.05, 0.1) is 9.30 Å². The van der Waals surface area contributed by atoms with Gasteiger partial charge in [-0.1, -0.05) is 27.7 Å². The van der Waals surface area contributed by atoms with Crippen molar-refractivity contribution in [3.05, 3.63) is 26.0 Å². The number of carboxylic acid groups (broad SMARTS) is 1. The Balaban J connectivity index is 2.35. The molecule has 0 bridgehead atoms. The Bertz CT molecular complexity index is 870. The van der Waals surface area contributed by atoms with E-state index in [9.17, 15) is 14.7 Å². The van der Waals surface area contributed by atoms with E-state index in [-0.39, 0.29) is 11.5 Å². The summed E-state index contributed by atoms with van der Waals surface area (Å²) in [6.45, 7) is 8.46. The smallest absolute Gasteiger partial charge is 0.408 e. The van der Waals surface area contributed by atoms with Crippen LogP contribution in [0.25, 0.3) is 10.2 Å². The van der Waals surface area contributed by atoms with Gasteiger partial charge in [-0.25, -0.2) is 9.78 Å². The predicted molar refractivity (Wildman–Crippen MR) is 97.6 cm³/mol. The average Bonchev–Trinajstić information content (AvgIpc) is 2.98. The van der Waals surface area contributed by atoms with Gasteiger partial charge in [0.25, 0.3) is 5.56 Å². The van der Waals surface area contributed by atoms with E-state index < -0.39 is 17.0 Å². The Morgan fingerprint density at radius 3 is 2.79 bits per heavy atom. The molecule has 1 aliphatic heterocycles. The van der Waals surface area contributed by atoms with E-state index in [1.165, 1.54) is 16.2 Å². The fourth-order valence-corrected chi connectivity index (χ4v) is 5.59. The molecule has 2 aromatic heterocycles. The molecule has 8 heteroatoms. The highest BCUT2D eigenvalue weighted by molar-refractivity contribution is 9.11. The van der Waals surface area contributed by atoms with Crippen LogP contribution in [0.3, 0.4) is 0 Å². The molecule has 3 rings (SSSR count). The lowest BCUT2D eigenvalue weighted by Gasteiger charge is -2.48. The van der Waals surface area contributed by atoms with Crippen molar-refractivity contribution in [2.45, 2.75) is 39.7 Å². The van der Waals surface area contributed by atoms with Gasteiger partial charge >= 0.3 is 6.09 Å². The molecular weight excluding hydrogens is 394 g/mol. The number of H-pyrrole nitrogens is 1. The Morgan fingerprint density at radius 1 is 1.54 bits per heavy atom. The fraction of sp³-hybridized carbons (Fsp3) is 0.562. The summed E-state index contributed by atoms with van der Waals surface area (Å²) in [5.41, 5.74) is -0.934. The zero-order valence-corrected chi connectivity index (χ0v) is 16.4. The van der Waals surface area contributed by atoms with Gasteiger partial charge in [0.15, 0.2) is 0 Å². The Morgan fingerprint density at radius 2 is 2.21 bits per heavy atom. The summed E-state index contributed by atoms with van der Waals surface area (Å²) in [6, 6.07) is 1.81. The van der Waals surface area contributed by atoms with Crippen molar-refractivity contribution in [2.75, 3.05) is 6.54 Å². The number of rotatable bonds is 1. The van der Waals surface area contributed by atoms with E-state index in [1.807, 2.05) is 27.7 Å². The van der Waals surface area contributed by atoms with Crippen molar-refractivity contribution in [2.24, 2.45) is 11.3 Å². The van der Waals surface area contributed by atoms with Crippen LogP contribution in [0.1, 0.15) is 39.9 Å². The highest BCUT2D eigenvalue weighted by atomic mass is 79.9. The third kappa shape index (κ3) is 2.30. The minimum Gasteiger partial charge on any atom is -0.465 e. The molecule has 0 spiro atoms. The number of hydrogen-bond donors (Lipinski definition) is 2. The maximum atomic E-state index is 12.6. The molecule has 2 atom stereocenters. The number of thiophene rings is 1. The second kappa shape index (κ2) is 5.56. The number of carbonyl (C=O) groups is 1. The van der Waals surface area contributed by atoms with Gasteiger partial charge in [-0.15, -0.1) is 11.3 Å². The van der Waals surface area contributed by atoms with Crippen molar-refractivity contribution in [3.8, 4) is 0 Å². The zero-order valence-electron chi connectivity index (χ0n) is 14.0. The van der Waals surface area contributed by atoms with Crippen LogP contribution in [0.15, 0.2) is 14.6 Å². The van der Waals surface area contributed by atoms with Gasteiger partial charge < -0.3 is 10.1 Å². The summed E-state index contributed by atoms with van der Waals surface area (Å²) in [4.78, 5) is 33.5. The van der Waals surface area contributed by atoms with Gasteiger partial charge in [-0.2, -0.15) is 0 Å². The molecule has 0 unspecified atom stereocenters. The summed E-state index contributed by atoms with van der Waals surface area (Å²) in [5.74, 6) is 0.474. The Labute approximate surface area is 152 Å². The van der Waals surface area contributed by atoms with Crippen LogP contribution in [0.2, 0.25) is 0 Å². The monoisotopic (exact) mass is 413 g/mol. The minimum absolute atomic E-state index is 0.0382. The zero-order chi connectivity index (χ0) is 17.9. The quantitative estimate of drug-likeness (QED) is 0.739. The molecule has 0 radical (unpaired) electrons. The Hall–Kier alpha value is -1.41. The Kier molecular flexibility index (Phi) is 4.03. The first-order valence-corrected chi connectivity index (χ1v) is 9.40. The lowest BCUT2D eigenvalue weighted by atomic mass is 9.66. The summed E-state index contributed by atoms with van der Waals surface area (Å²) < 4.78 is 1.37. The maximum Gasteiger partial charge on any atom is 0.408 e. The molecule has 6 nitrogen and oxygen atoms in total. The molecule has 1 aliphatic rings. The first kappa shape index (κ1) is 17.4. The van der Waals surface area contributed by atoms with Crippen LogP contribution >= 0.6 is 27.3 Å². The third-order valence-corrected chi connectivity index (χ3v) is 6.64. The summed E-state index contributed by atoms with van der Waals surface area (Å²) in [6.07, 6.45) is -0.248. The number of likely N-dealkylation sites (tertiary alicyclic amines) is 1. The van der Waals surface area contributed by atoms with Crippen LogP contribution in [0, 0.1) is 11.3 Å². The average molecular weight is 414 g/mol.